The van der Waals surface area contributed by atoms with Gasteiger partial charge in [-0.2, -0.15) is 9.49 Å². The Morgan fingerprint density at radius 3 is 2.54 bits per heavy atom. The van der Waals surface area contributed by atoms with Gasteiger partial charge in [-0.25, -0.2) is 4.39 Å². The zero-order chi connectivity index (χ0) is 26.0. The molecule has 2 aromatic heterocycles. The van der Waals surface area contributed by atoms with Crippen molar-refractivity contribution in [2.75, 3.05) is 5.32 Å². The number of amides is 2. The van der Waals surface area contributed by atoms with E-state index in [1.165, 1.54) is 24.4 Å². The van der Waals surface area contributed by atoms with Crippen molar-refractivity contribution >= 4 is 17.5 Å². The average Bonchev–Trinajstić information content (AvgIpc) is 3.62. The lowest BCUT2D eigenvalue weighted by Gasteiger charge is -2.16. The van der Waals surface area contributed by atoms with Crippen LogP contribution in [0.3, 0.4) is 0 Å². The Morgan fingerprint density at radius 2 is 1.84 bits per heavy atom. The molecule has 0 atom stereocenters. The van der Waals surface area contributed by atoms with Gasteiger partial charge in [-0.1, -0.05) is 30.3 Å². The van der Waals surface area contributed by atoms with Crippen molar-refractivity contribution in [2.24, 2.45) is 12.5 Å². The Morgan fingerprint density at radius 1 is 1.05 bits per heavy atom. The van der Waals surface area contributed by atoms with Crippen molar-refractivity contribution in [1.82, 2.24) is 20.1 Å². The van der Waals surface area contributed by atoms with Gasteiger partial charge in [-0.05, 0) is 36.6 Å². The van der Waals surface area contributed by atoms with Crippen LogP contribution in [0.25, 0.3) is 11.3 Å². The summed E-state index contributed by atoms with van der Waals surface area (Å²) in [6.45, 7) is 0.265. The van der Waals surface area contributed by atoms with Crippen LogP contribution in [0.2, 0.25) is 0 Å². The summed E-state index contributed by atoms with van der Waals surface area (Å²) in [5.41, 5.74) is 0.502. The molecule has 10 heteroatoms. The van der Waals surface area contributed by atoms with E-state index in [-0.39, 0.29) is 23.7 Å². The van der Waals surface area contributed by atoms with Crippen LogP contribution in [0.15, 0.2) is 73.2 Å². The fraction of sp³-hybridized carbons (Fsp3) is 0.185. The van der Waals surface area contributed by atoms with Crippen molar-refractivity contribution < 1.29 is 23.1 Å². The fourth-order valence-electron chi connectivity index (χ4n) is 3.89. The quantitative estimate of drug-likeness (QED) is 0.343. The summed E-state index contributed by atoms with van der Waals surface area (Å²) in [6.07, 6.45) is 5.52. The molecule has 0 saturated heterocycles. The molecule has 37 heavy (non-hydrogen) atoms. The lowest BCUT2D eigenvalue weighted by atomic mass is 10.0. The molecule has 0 unspecified atom stereocenters. The number of nitrogens with zero attached hydrogens (tertiary/aromatic N) is 3. The van der Waals surface area contributed by atoms with Gasteiger partial charge in [-0.3, -0.25) is 19.3 Å². The second-order valence-corrected chi connectivity index (χ2v) is 8.83. The number of aryl methyl sites for hydroxylation is 1. The van der Waals surface area contributed by atoms with Crippen LogP contribution >= 0.6 is 0 Å². The number of halogens is 2. The average molecular weight is 504 g/mol. The normalized spacial score (nSPS) is 13.6. The molecule has 0 spiro atoms. The molecule has 2 amide bonds. The van der Waals surface area contributed by atoms with E-state index in [1.54, 1.807) is 30.2 Å². The number of anilines is 1. The van der Waals surface area contributed by atoms with E-state index >= 15 is 0 Å². The van der Waals surface area contributed by atoms with Crippen molar-refractivity contribution in [3.05, 3.63) is 90.4 Å². The van der Waals surface area contributed by atoms with Crippen LogP contribution in [-0.2, 0) is 23.2 Å². The number of carbonyl (C=O) groups is 2. The van der Waals surface area contributed by atoms with E-state index in [2.05, 4.69) is 20.7 Å². The van der Waals surface area contributed by atoms with E-state index in [0.29, 0.717) is 18.5 Å². The van der Waals surface area contributed by atoms with E-state index in [9.17, 15) is 18.4 Å². The number of ether oxygens (including phenoxy) is 1. The third-order valence-electron chi connectivity index (χ3n) is 6.17. The van der Waals surface area contributed by atoms with Crippen LogP contribution in [0.4, 0.5) is 14.5 Å². The van der Waals surface area contributed by atoms with Crippen LogP contribution in [0.5, 0.6) is 11.5 Å². The van der Waals surface area contributed by atoms with Crippen molar-refractivity contribution in [3.63, 3.8) is 0 Å². The fourth-order valence-corrected chi connectivity index (χ4v) is 3.89. The van der Waals surface area contributed by atoms with Gasteiger partial charge in [0, 0.05) is 37.6 Å². The lowest BCUT2D eigenvalue weighted by molar-refractivity contribution is -0.134. The molecule has 2 aromatic carbocycles. The first kappa shape index (κ1) is 24.1. The Kier molecular flexibility index (Phi) is 6.39. The topological polar surface area (TPSA) is 98.1 Å². The van der Waals surface area contributed by atoms with Gasteiger partial charge in [0.05, 0.1) is 17.6 Å². The summed E-state index contributed by atoms with van der Waals surface area (Å²) in [6, 6.07) is 14.8. The van der Waals surface area contributed by atoms with E-state index in [0.717, 1.165) is 11.1 Å². The number of hydrogen-bond acceptors (Lipinski definition) is 5. The van der Waals surface area contributed by atoms with Crippen molar-refractivity contribution in [1.29, 1.82) is 0 Å². The summed E-state index contributed by atoms with van der Waals surface area (Å²) in [5.74, 6) is -3.79. The van der Waals surface area contributed by atoms with Gasteiger partial charge in [0.1, 0.15) is 11.2 Å². The molecule has 1 aliphatic carbocycles. The zero-order valence-corrected chi connectivity index (χ0v) is 19.9. The van der Waals surface area contributed by atoms with Crippen molar-refractivity contribution in [3.8, 4) is 22.8 Å². The number of carbonyl (C=O) groups excluding carboxylic acids is 2. The Labute approximate surface area is 211 Å². The van der Waals surface area contributed by atoms with E-state index in [1.807, 2.05) is 30.3 Å². The molecule has 0 radical (unpaired) electrons. The van der Waals surface area contributed by atoms with Crippen LogP contribution in [0.1, 0.15) is 18.4 Å². The van der Waals surface area contributed by atoms with E-state index in [4.69, 9.17) is 4.74 Å². The smallest absolute Gasteiger partial charge is 0.240 e. The molecule has 5 rings (SSSR count). The summed E-state index contributed by atoms with van der Waals surface area (Å²) < 4.78 is 36.9. The largest absolute Gasteiger partial charge is 0.454 e. The summed E-state index contributed by atoms with van der Waals surface area (Å²) in [5, 5.41) is 9.21. The molecule has 1 saturated carbocycles. The van der Waals surface area contributed by atoms with Gasteiger partial charge in [0.2, 0.25) is 17.6 Å². The predicted molar refractivity (Wildman–Crippen MR) is 131 cm³/mol. The number of rotatable bonds is 8. The molecule has 0 aliphatic heterocycles. The highest BCUT2D eigenvalue weighted by Gasteiger charge is 2.56. The molecule has 188 valence electrons. The summed E-state index contributed by atoms with van der Waals surface area (Å²) >= 11 is 0. The Hall–Kier alpha value is -4.60. The van der Waals surface area contributed by atoms with Gasteiger partial charge < -0.3 is 15.4 Å². The minimum absolute atomic E-state index is 0.246. The number of aromatic nitrogens is 3. The van der Waals surface area contributed by atoms with Crippen molar-refractivity contribution in [2.45, 2.75) is 19.4 Å². The van der Waals surface area contributed by atoms with Gasteiger partial charge in [-0.15, -0.1) is 0 Å². The maximum absolute atomic E-state index is 14.9. The standard InChI is InChI=1S/C27H23F2N5O3/c1-34-16-18(15-32-34)21-13-19(9-12-30-21)37-22-8-7-20(23(28)24(22)29)33-26(36)27(10-11-27)25(35)31-14-17-5-3-2-4-6-17/h2-9,12-13,15-16H,10-11,14H2,1H3,(H,31,35)(H,33,36). The molecular formula is C27H23F2N5O3. The maximum Gasteiger partial charge on any atom is 0.240 e. The van der Waals surface area contributed by atoms with E-state index < -0.39 is 28.9 Å². The second kappa shape index (κ2) is 9.81. The number of pyridine rings is 1. The zero-order valence-electron chi connectivity index (χ0n) is 19.9. The predicted octanol–water partition coefficient (Wildman–Crippen LogP) is 4.59. The van der Waals surface area contributed by atoms with Crippen LogP contribution < -0.4 is 15.4 Å². The third kappa shape index (κ3) is 5.04. The first-order valence-corrected chi connectivity index (χ1v) is 11.6. The minimum Gasteiger partial charge on any atom is -0.454 e. The van der Waals surface area contributed by atoms with Crippen LogP contribution in [-0.4, -0.2) is 26.6 Å². The first-order valence-electron chi connectivity index (χ1n) is 11.6. The molecule has 1 fully saturated rings. The number of nitrogens with one attached hydrogen (secondary N) is 2. The Balaban J connectivity index is 1.26. The van der Waals surface area contributed by atoms with Crippen LogP contribution in [0, 0.1) is 17.0 Å². The molecule has 8 nitrogen and oxygen atoms in total. The highest BCUT2D eigenvalue weighted by atomic mass is 19.2. The number of hydrogen-bond donors (Lipinski definition) is 2. The molecular weight excluding hydrogens is 480 g/mol. The molecule has 0 bridgehead atoms. The highest BCUT2D eigenvalue weighted by molar-refractivity contribution is 6.13. The monoisotopic (exact) mass is 503 g/mol. The minimum atomic E-state index is -1.30. The SMILES string of the molecule is Cn1cc(-c2cc(Oc3ccc(NC(=O)C4(C(=O)NCc5ccccc5)CC4)c(F)c3F)ccn2)cn1. The second-order valence-electron chi connectivity index (χ2n) is 8.83. The van der Waals surface area contributed by atoms with Gasteiger partial charge in [0.25, 0.3) is 0 Å². The molecule has 1 aliphatic rings. The third-order valence-corrected chi connectivity index (χ3v) is 6.17. The summed E-state index contributed by atoms with van der Waals surface area (Å²) in [4.78, 5) is 29.8. The molecule has 2 heterocycles. The number of benzene rings is 2. The lowest BCUT2D eigenvalue weighted by Crippen LogP contribution is -2.39. The first-order chi connectivity index (χ1) is 17.9. The highest BCUT2D eigenvalue weighted by Crippen LogP contribution is 2.47. The Bertz CT molecular complexity index is 1470. The molecule has 2 N–H and O–H groups in total. The molecule has 4 aromatic rings. The van der Waals surface area contributed by atoms with Gasteiger partial charge in [0.15, 0.2) is 11.6 Å². The van der Waals surface area contributed by atoms with Gasteiger partial charge >= 0.3 is 0 Å². The maximum atomic E-state index is 14.9. The summed E-state index contributed by atoms with van der Waals surface area (Å²) in [7, 11) is 1.77.